The van der Waals surface area contributed by atoms with Crippen molar-refractivity contribution >= 4 is 19.9 Å². The van der Waals surface area contributed by atoms with E-state index in [9.17, 15) is 16.8 Å². The van der Waals surface area contributed by atoms with Crippen LogP contribution in [0.1, 0.15) is 19.4 Å². The van der Waals surface area contributed by atoms with Gasteiger partial charge >= 0.3 is 0 Å². The lowest BCUT2D eigenvalue weighted by atomic mass is 10.2. The van der Waals surface area contributed by atoms with Crippen LogP contribution < -0.4 is 10.0 Å². The molecule has 8 heteroatoms. The van der Waals surface area contributed by atoms with Crippen molar-refractivity contribution < 1.29 is 16.8 Å². The maximum Gasteiger partial charge on any atom is 0.240 e. The zero-order valence-corrected chi connectivity index (χ0v) is 14.1. The van der Waals surface area contributed by atoms with E-state index in [1.165, 1.54) is 24.3 Å². The Balaban J connectivity index is 2.76. The third-order valence-corrected chi connectivity index (χ3v) is 5.09. The number of hydrogen-bond acceptors (Lipinski definition) is 5. The Labute approximate surface area is 126 Å². The van der Waals surface area contributed by atoms with E-state index in [4.69, 9.17) is 0 Å². The molecule has 0 saturated heterocycles. The molecule has 0 amide bonds. The van der Waals surface area contributed by atoms with Crippen molar-refractivity contribution in [3.63, 3.8) is 0 Å². The predicted molar refractivity (Wildman–Crippen MR) is 83.3 cm³/mol. The average Bonchev–Trinajstić information content (AvgIpc) is 2.36. The Morgan fingerprint density at radius 1 is 1.10 bits per heavy atom. The molecule has 0 heterocycles. The van der Waals surface area contributed by atoms with Crippen LogP contribution >= 0.6 is 0 Å². The summed E-state index contributed by atoms with van der Waals surface area (Å²) < 4.78 is 49.0. The molecule has 1 aromatic rings. The summed E-state index contributed by atoms with van der Waals surface area (Å²) in [6, 6.07) is 5.91. The molecule has 0 fully saturated rings. The monoisotopic (exact) mass is 334 g/mol. The maximum absolute atomic E-state index is 12.1. The van der Waals surface area contributed by atoms with E-state index in [0.717, 1.165) is 12.8 Å². The van der Waals surface area contributed by atoms with Gasteiger partial charge in [-0.05, 0) is 31.2 Å². The van der Waals surface area contributed by atoms with Crippen LogP contribution in [0.5, 0.6) is 0 Å². The Bertz CT molecular complexity index is 652. The van der Waals surface area contributed by atoms with E-state index in [-0.39, 0.29) is 16.7 Å². The second-order valence-corrected chi connectivity index (χ2v) is 8.93. The molecule has 1 atom stereocenters. The summed E-state index contributed by atoms with van der Waals surface area (Å²) in [4.78, 5) is 0.128. The van der Waals surface area contributed by atoms with Gasteiger partial charge in [0.2, 0.25) is 10.0 Å². The number of sulfone groups is 1. The van der Waals surface area contributed by atoms with Crippen LogP contribution in [-0.2, 0) is 25.6 Å². The van der Waals surface area contributed by atoms with E-state index in [2.05, 4.69) is 10.0 Å². The van der Waals surface area contributed by atoms with E-state index in [0.29, 0.717) is 12.1 Å². The number of benzene rings is 1. The number of rotatable bonds is 8. The summed E-state index contributed by atoms with van der Waals surface area (Å²) in [5, 5.41) is 3.11. The molecule has 21 heavy (non-hydrogen) atoms. The third kappa shape index (κ3) is 6.56. The van der Waals surface area contributed by atoms with Gasteiger partial charge in [0.25, 0.3) is 0 Å². The van der Waals surface area contributed by atoms with Crippen LogP contribution in [0.3, 0.4) is 0 Å². The maximum atomic E-state index is 12.1. The van der Waals surface area contributed by atoms with Crippen LogP contribution in [0.25, 0.3) is 0 Å². The van der Waals surface area contributed by atoms with Crippen LogP contribution in [-0.4, -0.2) is 42.2 Å². The Morgan fingerprint density at radius 2 is 1.67 bits per heavy atom. The first-order valence-corrected chi connectivity index (χ1v) is 10.2. The first kappa shape index (κ1) is 18.1. The summed E-state index contributed by atoms with van der Waals surface area (Å²) in [6.45, 7) is 4.90. The van der Waals surface area contributed by atoms with Gasteiger partial charge in [-0.1, -0.05) is 19.1 Å². The highest BCUT2D eigenvalue weighted by molar-refractivity contribution is 7.90. The van der Waals surface area contributed by atoms with Crippen LogP contribution in [0, 0.1) is 0 Å². The Kier molecular flexibility index (Phi) is 6.33. The van der Waals surface area contributed by atoms with Crippen molar-refractivity contribution in [2.24, 2.45) is 0 Å². The molecule has 0 saturated carbocycles. The molecular weight excluding hydrogens is 312 g/mol. The van der Waals surface area contributed by atoms with Crippen molar-refractivity contribution in [3.8, 4) is 0 Å². The summed E-state index contributed by atoms with van der Waals surface area (Å²) in [5.41, 5.74) is 0.567. The van der Waals surface area contributed by atoms with E-state index >= 15 is 0 Å². The molecule has 0 bridgehead atoms. The minimum Gasteiger partial charge on any atom is -0.313 e. The molecule has 0 aliphatic carbocycles. The zero-order valence-electron chi connectivity index (χ0n) is 12.5. The second kappa shape index (κ2) is 7.35. The quantitative estimate of drug-likeness (QED) is 0.722. The molecule has 0 aromatic heterocycles. The van der Waals surface area contributed by atoms with E-state index in [1.54, 1.807) is 0 Å². The lowest BCUT2D eigenvalue weighted by molar-refractivity contribution is 0.536. The minimum absolute atomic E-state index is 0.0364. The molecule has 6 nitrogen and oxygen atoms in total. The van der Waals surface area contributed by atoms with Crippen LogP contribution in [0.4, 0.5) is 0 Å². The highest BCUT2D eigenvalue weighted by atomic mass is 32.2. The fourth-order valence-corrected chi connectivity index (χ4v) is 3.73. The van der Waals surface area contributed by atoms with Gasteiger partial charge in [0.05, 0.1) is 10.6 Å². The predicted octanol–water partition coefficient (Wildman–Crippen LogP) is 0.508. The van der Waals surface area contributed by atoms with Crippen LogP contribution in [0.2, 0.25) is 0 Å². The molecule has 0 aliphatic rings. The molecular formula is C13H22N2O4S2. The van der Waals surface area contributed by atoms with Gasteiger partial charge in [0.15, 0.2) is 9.84 Å². The van der Waals surface area contributed by atoms with E-state index in [1.807, 2.05) is 13.8 Å². The lowest BCUT2D eigenvalue weighted by Gasteiger charge is -2.13. The first-order chi connectivity index (χ1) is 9.64. The number of hydrogen-bond donors (Lipinski definition) is 2. The SMILES string of the molecule is CCN[C@H](C)CNS(=O)(=O)c1ccc(CS(C)(=O)=O)cc1. The Hall–Kier alpha value is -0.960. The topological polar surface area (TPSA) is 92.3 Å². The van der Waals surface area contributed by atoms with Gasteiger partial charge in [0, 0.05) is 18.8 Å². The van der Waals surface area contributed by atoms with Crippen LogP contribution in [0.15, 0.2) is 29.2 Å². The van der Waals surface area contributed by atoms with Gasteiger partial charge in [0.1, 0.15) is 0 Å². The average molecular weight is 334 g/mol. The number of nitrogens with one attached hydrogen (secondary N) is 2. The second-order valence-electron chi connectivity index (χ2n) is 5.02. The summed E-state index contributed by atoms with van der Waals surface area (Å²) in [5.74, 6) is -0.0990. The fraction of sp³-hybridized carbons (Fsp3) is 0.538. The van der Waals surface area contributed by atoms with Crippen molar-refractivity contribution in [3.05, 3.63) is 29.8 Å². The summed E-state index contributed by atoms with van der Waals surface area (Å²) in [7, 11) is -6.70. The summed E-state index contributed by atoms with van der Waals surface area (Å²) in [6.07, 6.45) is 1.14. The molecule has 1 aromatic carbocycles. The molecule has 120 valence electrons. The van der Waals surface area contributed by atoms with Crippen molar-refractivity contribution in [1.82, 2.24) is 10.0 Å². The van der Waals surface area contributed by atoms with Crippen molar-refractivity contribution in [1.29, 1.82) is 0 Å². The molecule has 0 radical (unpaired) electrons. The lowest BCUT2D eigenvalue weighted by Crippen LogP contribution is -2.38. The highest BCUT2D eigenvalue weighted by Crippen LogP contribution is 2.12. The molecule has 2 N–H and O–H groups in total. The van der Waals surface area contributed by atoms with E-state index < -0.39 is 19.9 Å². The normalized spacial score (nSPS) is 14.0. The number of likely N-dealkylation sites (N-methyl/N-ethyl adjacent to an activating group) is 1. The largest absolute Gasteiger partial charge is 0.313 e. The van der Waals surface area contributed by atoms with Gasteiger partial charge in [-0.3, -0.25) is 0 Å². The summed E-state index contributed by atoms with van der Waals surface area (Å²) >= 11 is 0. The number of sulfonamides is 1. The molecule has 0 spiro atoms. The van der Waals surface area contributed by atoms with Gasteiger partial charge in [-0.2, -0.15) is 0 Å². The van der Waals surface area contributed by atoms with Crippen molar-refractivity contribution in [2.75, 3.05) is 19.3 Å². The molecule has 0 unspecified atom stereocenters. The first-order valence-electron chi connectivity index (χ1n) is 6.64. The van der Waals surface area contributed by atoms with Gasteiger partial charge < -0.3 is 5.32 Å². The highest BCUT2D eigenvalue weighted by Gasteiger charge is 2.15. The Morgan fingerprint density at radius 3 is 2.14 bits per heavy atom. The standard InChI is InChI=1S/C13H22N2O4S2/c1-4-14-11(2)9-15-21(18,19)13-7-5-12(6-8-13)10-20(3,16)17/h5-8,11,14-15H,4,9-10H2,1-3H3/t11-/m1/s1. The van der Waals surface area contributed by atoms with Gasteiger partial charge in [-0.25, -0.2) is 21.6 Å². The zero-order chi connectivity index (χ0) is 16.1. The fourth-order valence-electron chi connectivity index (χ4n) is 1.81. The van der Waals surface area contributed by atoms with Crippen molar-refractivity contribution in [2.45, 2.75) is 30.5 Å². The minimum atomic E-state index is -3.57. The smallest absolute Gasteiger partial charge is 0.240 e. The van der Waals surface area contributed by atoms with Gasteiger partial charge in [-0.15, -0.1) is 0 Å². The third-order valence-electron chi connectivity index (χ3n) is 2.79. The molecule has 1 rings (SSSR count). The molecule has 0 aliphatic heterocycles.